The van der Waals surface area contributed by atoms with Crippen molar-refractivity contribution in [3.05, 3.63) is 104 Å². The number of hydrogen-bond donors (Lipinski definition) is 0. The summed E-state index contributed by atoms with van der Waals surface area (Å²) in [4.78, 5) is 14.2. The van der Waals surface area contributed by atoms with Crippen LogP contribution in [0.4, 0.5) is 0 Å². The fourth-order valence-corrected chi connectivity index (χ4v) is 5.45. The second-order valence-corrected chi connectivity index (χ2v) is 8.58. The molecule has 0 radical (unpaired) electrons. The van der Waals surface area contributed by atoms with Crippen LogP contribution in [-0.2, 0) is 0 Å². The standard InChI is InChI=1S/C29H17N5/c1-2-7-18(8-3-1)33-24-11-5-4-9-19(24)21-13-12-20-22-10-6-15-31-28(22)34-25-14-16-30-17-23(25)32-29(34)26(20)27(21)33/h1-17H. The molecule has 0 unspecified atom stereocenters. The van der Waals surface area contributed by atoms with Crippen molar-refractivity contribution in [2.45, 2.75) is 0 Å². The lowest BCUT2D eigenvalue weighted by Crippen LogP contribution is -1.98. The molecule has 0 spiro atoms. The minimum atomic E-state index is 0.862. The Balaban J connectivity index is 1.76. The van der Waals surface area contributed by atoms with E-state index in [1.807, 2.05) is 30.7 Å². The number of imidazole rings is 1. The van der Waals surface area contributed by atoms with Crippen LogP contribution in [0, 0.1) is 0 Å². The van der Waals surface area contributed by atoms with Gasteiger partial charge in [-0.05, 0) is 41.8 Å². The average Bonchev–Trinajstić information content (AvgIpc) is 3.45. The zero-order valence-electron chi connectivity index (χ0n) is 18.1. The van der Waals surface area contributed by atoms with E-state index in [0.717, 1.165) is 49.7 Å². The molecule has 0 bridgehead atoms. The number of pyridine rings is 3. The molecular weight excluding hydrogens is 418 g/mol. The molecule has 0 aliphatic rings. The predicted octanol–water partition coefficient (Wildman–Crippen LogP) is 6.68. The van der Waals surface area contributed by atoms with Crippen LogP contribution in [0.2, 0.25) is 0 Å². The van der Waals surface area contributed by atoms with Gasteiger partial charge in [0, 0.05) is 34.2 Å². The number of para-hydroxylation sites is 2. The molecule has 8 rings (SSSR count). The summed E-state index contributed by atoms with van der Waals surface area (Å²) in [5, 5.41) is 5.81. The monoisotopic (exact) mass is 435 g/mol. The van der Waals surface area contributed by atoms with Crippen molar-refractivity contribution in [2.75, 3.05) is 0 Å². The molecule has 3 aromatic carbocycles. The summed E-state index contributed by atoms with van der Waals surface area (Å²) in [6.45, 7) is 0. The van der Waals surface area contributed by atoms with Gasteiger partial charge in [-0.1, -0.05) is 48.5 Å². The molecular formula is C29H17N5. The van der Waals surface area contributed by atoms with E-state index in [-0.39, 0.29) is 0 Å². The van der Waals surface area contributed by atoms with E-state index in [4.69, 9.17) is 9.97 Å². The molecule has 5 heterocycles. The quantitative estimate of drug-likeness (QED) is 0.270. The van der Waals surface area contributed by atoms with Crippen molar-refractivity contribution in [2.24, 2.45) is 0 Å². The molecule has 8 aromatic rings. The second-order valence-electron chi connectivity index (χ2n) is 8.58. The molecule has 0 saturated heterocycles. The predicted molar refractivity (Wildman–Crippen MR) is 138 cm³/mol. The Morgan fingerprint density at radius 2 is 1.41 bits per heavy atom. The van der Waals surface area contributed by atoms with Gasteiger partial charge in [-0.25, -0.2) is 9.97 Å². The third-order valence-corrected chi connectivity index (χ3v) is 6.82. The Labute approximate surface area is 193 Å². The van der Waals surface area contributed by atoms with Crippen LogP contribution in [0.3, 0.4) is 0 Å². The molecule has 34 heavy (non-hydrogen) atoms. The second kappa shape index (κ2) is 6.39. The molecule has 0 amide bonds. The Morgan fingerprint density at radius 3 is 2.35 bits per heavy atom. The zero-order chi connectivity index (χ0) is 22.2. The Hall–Kier alpha value is -4.77. The number of hydrogen-bond acceptors (Lipinski definition) is 3. The van der Waals surface area contributed by atoms with Crippen molar-refractivity contribution in [3.63, 3.8) is 0 Å². The van der Waals surface area contributed by atoms with Gasteiger partial charge in [-0.2, -0.15) is 0 Å². The molecule has 5 nitrogen and oxygen atoms in total. The van der Waals surface area contributed by atoms with Crippen molar-refractivity contribution >= 4 is 60.3 Å². The first kappa shape index (κ1) is 17.7. The number of benzene rings is 3. The average molecular weight is 435 g/mol. The van der Waals surface area contributed by atoms with Crippen LogP contribution < -0.4 is 0 Å². The first-order valence-corrected chi connectivity index (χ1v) is 11.3. The molecule has 5 heteroatoms. The maximum Gasteiger partial charge on any atom is 0.149 e. The molecule has 0 fully saturated rings. The van der Waals surface area contributed by atoms with E-state index < -0.39 is 0 Å². The highest BCUT2D eigenvalue weighted by Gasteiger charge is 2.21. The molecule has 0 atom stereocenters. The van der Waals surface area contributed by atoms with Crippen LogP contribution in [0.1, 0.15) is 0 Å². The first-order valence-electron chi connectivity index (χ1n) is 11.3. The fraction of sp³-hybridized carbons (Fsp3) is 0. The minimum absolute atomic E-state index is 0.862. The number of rotatable bonds is 1. The summed E-state index contributed by atoms with van der Waals surface area (Å²) in [5.41, 5.74) is 7.14. The van der Waals surface area contributed by atoms with Crippen molar-refractivity contribution in [1.29, 1.82) is 0 Å². The third kappa shape index (κ3) is 2.16. The van der Waals surface area contributed by atoms with E-state index in [2.05, 4.69) is 86.7 Å². The van der Waals surface area contributed by atoms with Gasteiger partial charge < -0.3 is 4.57 Å². The lowest BCUT2D eigenvalue weighted by molar-refractivity contribution is 1.18. The first-order chi connectivity index (χ1) is 16.9. The van der Waals surface area contributed by atoms with Crippen LogP contribution in [-0.4, -0.2) is 23.9 Å². The molecule has 0 aliphatic heterocycles. The Morgan fingerprint density at radius 1 is 0.588 bits per heavy atom. The summed E-state index contributed by atoms with van der Waals surface area (Å²) in [6, 6.07) is 29.8. The fourth-order valence-electron chi connectivity index (χ4n) is 5.45. The van der Waals surface area contributed by atoms with E-state index in [1.165, 1.54) is 16.3 Å². The molecule has 158 valence electrons. The highest BCUT2D eigenvalue weighted by Crippen LogP contribution is 2.40. The topological polar surface area (TPSA) is 48.0 Å². The van der Waals surface area contributed by atoms with Crippen LogP contribution in [0.5, 0.6) is 0 Å². The number of nitrogens with zero attached hydrogens (tertiary/aromatic N) is 5. The minimum Gasteiger partial charge on any atom is -0.308 e. The van der Waals surface area contributed by atoms with Gasteiger partial charge in [0.2, 0.25) is 0 Å². The summed E-state index contributed by atoms with van der Waals surface area (Å²) in [7, 11) is 0. The van der Waals surface area contributed by atoms with Gasteiger partial charge >= 0.3 is 0 Å². The van der Waals surface area contributed by atoms with Crippen molar-refractivity contribution in [1.82, 2.24) is 23.9 Å². The lowest BCUT2D eigenvalue weighted by Gasteiger charge is -2.12. The summed E-state index contributed by atoms with van der Waals surface area (Å²) >= 11 is 0. The Kier molecular flexibility index (Phi) is 3.34. The van der Waals surface area contributed by atoms with E-state index >= 15 is 0 Å². The maximum atomic E-state index is 5.10. The van der Waals surface area contributed by atoms with E-state index in [9.17, 15) is 0 Å². The number of fused-ring (bicyclic) bond motifs is 12. The summed E-state index contributed by atoms with van der Waals surface area (Å²) < 4.78 is 4.55. The van der Waals surface area contributed by atoms with Gasteiger partial charge in [0.25, 0.3) is 0 Å². The highest BCUT2D eigenvalue weighted by molar-refractivity contribution is 6.26. The lowest BCUT2D eigenvalue weighted by atomic mass is 10.0. The third-order valence-electron chi connectivity index (χ3n) is 6.82. The molecule has 5 aromatic heterocycles. The normalized spacial score (nSPS) is 12.1. The summed E-state index contributed by atoms with van der Waals surface area (Å²) in [6.07, 6.45) is 5.49. The highest BCUT2D eigenvalue weighted by atomic mass is 15.1. The number of aromatic nitrogens is 5. The van der Waals surface area contributed by atoms with Crippen molar-refractivity contribution < 1.29 is 0 Å². The molecule has 0 N–H and O–H groups in total. The summed E-state index contributed by atoms with van der Waals surface area (Å²) in [5.74, 6) is 0. The largest absolute Gasteiger partial charge is 0.308 e. The van der Waals surface area contributed by atoms with Crippen LogP contribution in [0.15, 0.2) is 104 Å². The SMILES string of the molecule is c1ccc(-n2c3ccccc3c3ccc4c5cccnc5n5c6ccncc6nc5c4c32)cc1. The van der Waals surface area contributed by atoms with E-state index in [1.54, 1.807) is 0 Å². The van der Waals surface area contributed by atoms with Crippen molar-refractivity contribution in [3.8, 4) is 5.69 Å². The van der Waals surface area contributed by atoms with Gasteiger partial charge in [-0.15, -0.1) is 0 Å². The maximum absolute atomic E-state index is 5.10. The van der Waals surface area contributed by atoms with E-state index in [0.29, 0.717) is 0 Å². The van der Waals surface area contributed by atoms with Crippen LogP contribution in [0.25, 0.3) is 66.0 Å². The molecule has 0 saturated carbocycles. The molecule has 0 aliphatic carbocycles. The van der Waals surface area contributed by atoms with Gasteiger partial charge in [0.1, 0.15) is 16.8 Å². The smallest absolute Gasteiger partial charge is 0.149 e. The van der Waals surface area contributed by atoms with Gasteiger partial charge in [0.05, 0.1) is 28.1 Å². The van der Waals surface area contributed by atoms with Crippen LogP contribution >= 0.6 is 0 Å². The Bertz CT molecular complexity index is 2070. The van der Waals surface area contributed by atoms with Gasteiger partial charge in [0.15, 0.2) is 0 Å². The van der Waals surface area contributed by atoms with Gasteiger partial charge in [-0.3, -0.25) is 9.38 Å². The zero-order valence-corrected chi connectivity index (χ0v) is 18.1.